The maximum Gasteiger partial charge on any atom is 0.404 e. The van der Waals surface area contributed by atoms with Crippen LogP contribution in [0.15, 0.2) is 0 Å². The Balaban J connectivity index is 2.02. The molecule has 0 aromatic carbocycles. The molecule has 1 unspecified atom stereocenters. The van der Waals surface area contributed by atoms with Gasteiger partial charge in [-0.2, -0.15) is 13.2 Å². The van der Waals surface area contributed by atoms with Gasteiger partial charge < -0.3 is 10.6 Å². The van der Waals surface area contributed by atoms with E-state index >= 15 is 0 Å². The van der Waals surface area contributed by atoms with Crippen LogP contribution in [-0.4, -0.2) is 31.2 Å². The van der Waals surface area contributed by atoms with Crippen molar-refractivity contribution < 1.29 is 18.0 Å². The van der Waals surface area contributed by atoms with Crippen molar-refractivity contribution in [2.24, 2.45) is 11.3 Å². The number of amides is 1. The molecule has 1 saturated heterocycles. The Morgan fingerprint density at radius 2 is 1.95 bits per heavy atom. The number of halogens is 3. The monoisotopic (exact) mass is 292 g/mol. The van der Waals surface area contributed by atoms with Crippen molar-refractivity contribution in [3.05, 3.63) is 0 Å². The third kappa shape index (κ3) is 2.95. The van der Waals surface area contributed by atoms with Gasteiger partial charge in [-0.3, -0.25) is 4.79 Å². The first-order valence-corrected chi connectivity index (χ1v) is 7.45. The first-order valence-electron chi connectivity index (χ1n) is 7.45. The molecule has 0 radical (unpaired) electrons. The summed E-state index contributed by atoms with van der Waals surface area (Å²) in [5, 5.41) is 5.31. The number of carbonyl (C=O) groups excluding carboxylic acids is 1. The standard InChI is InChI=1S/C14H23F3N2O/c1-10(11-5-3-2-4-6-11)19-12(20)13(14(15,16)17)7-8-18-9-13/h10-11,18H,2-9H2,1H3,(H,19,20)/t10-,13?/m0/s1. The van der Waals surface area contributed by atoms with Crippen molar-refractivity contribution in [2.75, 3.05) is 13.1 Å². The molecule has 2 atom stereocenters. The molecule has 1 aliphatic heterocycles. The van der Waals surface area contributed by atoms with Gasteiger partial charge >= 0.3 is 6.18 Å². The molecule has 3 nitrogen and oxygen atoms in total. The summed E-state index contributed by atoms with van der Waals surface area (Å²) < 4.78 is 39.8. The van der Waals surface area contributed by atoms with Gasteiger partial charge in [-0.15, -0.1) is 0 Å². The molecule has 2 fully saturated rings. The van der Waals surface area contributed by atoms with Crippen molar-refractivity contribution in [1.82, 2.24) is 10.6 Å². The van der Waals surface area contributed by atoms with Crippen molar-refractivity contribution in [3.8, 4) is 0 Å². The third-order valence-electron chi connectivity index (χ3n) is 4.85. The molecule has 20 heavy (non-hydrogen) atoms. The summed E-state index contributed by atoms with van der Waals surface area (Å²) in [5.41, 5.74) is -2.24. The number of hydrogen-bond acceptors (Lipinski definition) is 2. The zero-order valence-corrected chi connectivity index (χ0v) is 11.9. The molecule has 1 aliphatic carbocycles. The fourth-order valence-electron chi connectivity index (χ4n) is 3.35. The second kappa shape index (κ2) is 5.92. The van der Waals surface area contributed by atoms with Crippen LogP contribution in [0.2, 0.25) is 0 Å². The van der Waals surface area contributed by atoms with Crippen LogP contribution in [0.3, 0.4) is 0 Å². The molecular formula is C14H23F3N2O. The van der Waals surface area contributed by atoms with E-state index < -0.39 is 17.5 Å². The lowest BCUT2D eigenvalue weighted by atomic mass is 9.82. The van der Waals surface area contributed by atoms with E-state index in [4.69, 9.17) is 0 Å². The van der Waals surface area contributed by atoms with E-state index in [1.165, 1.54) is 6.42 Å². The van der Waals surface area contributed by atoms with Crippen LogP contribution in [-0.2, 0) is 4.79 Å². The predicted molar refractivity (Wildman–Crippen MR) is 70.2 cm³/mol. The Morgan fingerprint density at radius 3 is 2.45 bits per heavy atom. The predicted octanol–water partition coefficient (Wildman–Crippen LogP) is 2.61. The number of carbonyl (C=O) groups is 1. The lowest BCUT2D eigenvalue weighted by Crippen LogP contribution is -2.55. The van der Waals surface area contributed by atoms with Gasteiger partial charge in [-0.05, 0) is 38.6 Å². The highest BCUT2D eigenvalue weighted by atomic mass is 19.4. The first kappa shape index (κ1) is 15.6. The number of hydrogen-bond donors (Lipinski definition) is 2. The summed E-state index contributed by atoms with van der Waals surface area (Å²) in [6, 6.07) is -0.178. The average Bonchev–Trinajstić information content (AvgIpc) is 2.90. The van der Waals surface area contributed by atoms with Gasteiger partial charge in [0.2, 0.25) is 5.91 Å². The first-order chi connectivity index (χ1) is 9.37. The topological polar surface area (TPSA) is 41.1 Å². The number of nitrogens with one attached hydrogen (secondary N) is 2. The normalized spacial score (nSPS) is 30.2. The van der Waals surface area contributed by atoms with Gasteiger partial charge in [0.15, 0.2) is 5.41 Å². The molecule has 2 N–H and O–H groups in total. The van der Waals surface area contributed by atoms with Gasteiger partial charge in [0, 0.05) is 12.6 Å². The summed E-state index contributed by atoms with van der Waals surface area (Å²) in [4.78, 5) is 12.2. The molecule has 1 saturated carbocycles. The van der Waals surface area contributed by atoms with E-state index in [9.17, 15) is 18.0 Å². The molecule has 0 bridgehead atoms. The second-order valence-corrected chi connectivity index (χ2v) is 6.17. The highest BCUT2D eigenvalue weighted by molar-refractivity contribution is 5.84. The van der Waals surface area contributed by atoms with Crippen molar-refractivity contribution in [2.45, 2.75) is 57.7 Å². The highest BCUT2D eigenvalue weighted by Crippen LogP contribution is 2.43. The van der Waals surface area contributed by atoms with Crippen LogP contribution in [0.5, 0.6) is 0 Å². The quantitative estimate of drug-likeness (QED) is 0.839. The SMILES string of the molecule is C[C@H](NC(=O)C1(C(F)(F)F)CCNC1)C1CCCCC1. The van der Waals surface area contributed by atoms with Crippen LogP contribution in [0.1, 0.15) is 45.4 Å². The molecule has 0 spiro atoms. The lowest BCUT2D eigenvalue weighted by Gasteiger charge is -2.34. The highest BCUT2D eigenvalue weighted by Gasteiger charge is 2.61. The Kier molecular flexibility index (Phi) is 4.62. The molecule has 116 valence electrons. The Hall–Kier alpha value is -0.780. The smallest absolute Gasteiger partial charge is 0.353 e. The minimum absolute atomic E-state index is 0.167. The molecule has 0 aromatic heterocycles. The zero-order valence-electron chi connectivity index (χ0n) is 11.9. The van der Waals surface area contributed by atoms with Crippen LogP contribution in [0.25, 0.3) is 0 Å². The van der Waals surface area contributed by atoms with Crippen LogP contribution in [0, 0.1) is 11.3 Å². The largest absolute Gasteiger partial charge is 0.404 e. The summed E-state index contributed by atoms with van der Waals surface area (Å²) in [6.45, 7) is 1.77. The molecule has 2 rings (SSSR count). The number of rotatable bonds is 3. The Morgan fingerprint density at radius 1 is 1.30 bits per heavy atom. The minimum Gasteiger partial charge on any atom is -0.353 e. The van der Waals surface area contributed by atoms with E-state index in [2.05, 4.69) is 10.6 Å². The number of alkyl halides is 3. The molecule has 2 aliphatic rings. The van der Waals surface area contributed by atoms with E-state index in [-0.39, 0.29) is 25.6 Å². The summed E-state index contributed by atoms with van der Waals surface area (Å²) in [7, 11) is 0. The summed E-state index contributed by atoms with van der Waals surface area (Å²) in [6.07, 6.45) is 0.741. The van der Waals surface area contributed by atoms with Gasteiger partial charge in [-0.1, -0.05) is 19.3 Å². The Bertz CT molecular complexity index is 345. The van der Waals surface area contributed by atoms with E-state index in [0.29, 0.717) is 5.92 Å². The fourth-order valence-corrected chi connectivity index (χ4v) is 3.35. The summed E-state index contributed by atoms with van der Waals surface area (Å²) >= 11 is 0. The molecule has 0 aromatic rings. The molecule has 6 heteroatoms. The van der Waals surface area contributed by atoms with Crippen LogP contribution >= 0.6 is 0 Å². The van der Waals surface area contributed by atoms with E-state index in [1.54, 1.807) is 0 Å². The molecule has 1 heterocycles. The average molecular weight is 292 g/mol. The fraction of sp³-hybridized carbons (Fsp3) is 0.929. The van der Waals surface area contributed by atoms with Gasteiger partial charge in [-0.25, -0.2) is 0 Å². The van der Waals surface area contributed by atoms with E-state index in [1.807, 2.05) is 6.92 Å². The van der Waals surface area contributed by atoms with Crippen LogP contribution in [0.4, 0.5) is 13.2 Å². The zero-order chi connectivity index (χ0) is 14.8. The minimum atomic E-state index is -4.49. The third-order valence-corrected chi connectivity index (χ3v) is 4.85. The van der Waals surface area contributed by atoms with Gasteiger partial charge in [0.1, 0.15) is 0 Å². The van der Waals surface area contributed by atoms with Gasteiger partial charge in [0.05, 0.1) is 0 Å². The van der Waals surface area contributed by atoms with Crippen LogP contribution < -0.4 is 10.6 Å². The van der Waals surface area contributed by atoms with Crippen molar-refractivity contribution >= 4 is 5.91 Å². The molecular weight excluding hydrogens is 269 g/mol. The van der Waals surface area contributed by atoms with Crippen molar-refractivity contribution in [3.63, 3.8) is 0 Å². The lowest BCUT2D eigenvalue weighted by molar-refractivity contribution is -0.216. The Labute approximate surface area is 117 Å². The second-order valence-electron chi connectivity index (χ2n) is 6.17. The maximum absolute atomic E-state index is 13.3. The molecule has 1 amide bonds. The maximum atomic E-state index is 13.3. The van der Waals surface area contributed by atoms with Gasteiger partial charge in [0.25, 0.3) is 0 Å². The van der Waals surface area contributed by atoms with Crippen molar-refractivity contribution in [1.29, 1.82) is 0 Å². The summed E-state index contributed by atoms with van der Waals surface area (Å²) in [5.74, 6) is -0.541. The van der Waals surface area contributed by atoms with E-state index in [0.717, 1.165) is 25.7 Å².